The zero-order valence-corrected chi connectivity index (χ0v) is 8.43. The summed E-state index contributed by atoms with van der Waals surface area (Å²) in [5.74, 6) is 0. The number of urea groups is 1. The molecule has 0 aliphatic rings. The van der Waals surface area contributed by atoms with Crippen LogP contribution in [0.15, 0.2) is 18.5 Å². The van der Waals surface area contributed by atoms with Crippen LogP contribution in [-0.4, -0.2) is 23.7 Å². The number of rotatable bonds is 2. The van der Waals surface area contributed by atoms with Crippen molar-refractivity contribution in [2.45, 2.75) is 13.1 Å². The molecule has 1 heterocycles. The van der Waals surface area contributed by atoms with Crippen molar-refractivity contribution in [1.82, 2.24) is 10.3 Å². The van der Waals surface area contributed by atoms with Gasteiger partial charge in [0, 0.05) is 6.20 Å². The Morgan fingerprint density at radius 3 is 2.75 bits per heavy atom. The zero-order valence-electron chi connectivity index (χ0n) is 8.43. The highest BCUT2D eigenvalue weighted by atomic mass is 19.4. The highest BCUT2D eigenvalue weighted by Crippen LogP contribution is 2.13. The Bertz CT molecular complexity index is 379. The first-order chi connectivity index (χ1) is 7.38. The summed E-state index contributed by atoms with van der Waals surface area (Å²) in [6, 6.07) is 0.729. The highest BCUT2D eigenvalue weighted by molar-refractivity contribution is 5.89. The third-order valence-corrected chi connectivity index (χ3v) is 1.74. The van der Waals surface area contributed by atoms with Gasteiger partial charge < -0.3 is 10.6 Å². The molecule has 1 aromatic heterocycles. The number of pyridine rings is 1. The summed E-state index contributed by atoms with van der Waals surface area (Å²) in [4.78, 5) is 14.8. The van der Waals surface area contributed by atoms with Gasteiger partial charge in [-0.15, -0.1) is 0 Å². The van der Waals surface area contributed by atoms with Gasteiger partial charge in [-0.2, -0.15) is 13.2 Å². The molecule has 0 saturated heterocycles. The van der Waals surface area contributed by atoms with E-state index in [1.54, 1.807) is 18.3 Å². The van der Waals surface area contributed by atoms with Gasteiger partial charge in [-0.25, -0.2) is 4.79 Å². The molecule has 4 nitrogen and oxygen atoms in total. The molecule has 0 aliphatic carbocycles. The molecule has 0 spiro atoms. The molecule has 0 atom stereocenters. The number of carbonyl (C=O) groups excluding carboxylic acids is 1. The molecule has 0 unspecified atom stereocenters. The molecule has 0 fully saturated rings. The Balaban J connectivity index is 2.50. The van der Waals surface area contributed by atoms with Crippen molar-refractivity contribution in [2.24, 2.45) is 0 Å². The van der Waals surface area contributed by atoms with E-state index in [1.165, 1.54) is 12.4 Å². The summed E-state index contributed by atoms with van der Waals surface area (Å²) in [6.07, 6.45) is -1.53. The van der Waals surface area contributed by atoms with Gasteiger partial charge in [0.15, 0.2) is 0 Å². The number of aryl methyl sites for hydroxylation is 1. The fraction of sp³-hybridized carbons (Fsp3) is 0.333. The van der Waals surface area contributed by atoms with Crippen molar-refractivity contribution in [3.63, 3.8) is 0 Å². The summed E-state index contributed by atoms with van der Waals surface area (Å²) in [6.45, 7) is 0.346. The molecule has 0 saturated carbocycles. The van der Waals surface area contributed by atoms with Gasteiger partial charge in [0.05, 0.1) is 11.9 Å². The number of hydrogen-bond acceptors (Lipinski definition) is 2. The van der Waals surface area contributed by atoms with Crippen molar-refractivity contribution in [1.29, 1.82) is 0 Å². The maximum absolute atomic E-state index is 11.8. The average Bonchev–Trinajstić information content (AvgIpc) is 2.18. The van der Waals surface area contributed by atoms with Gasteiger partial charge in [0.25, 0.3) is 0 Å². The third-order valence-electron chi connectivity index (χ3n) is 1.74. The fourth-order valence-corrected chi connectivity index (χ4v) is 0.942. The maximum atomic E-state index is 11.8. The van der Waals surface area contributed by atoms with Gasteiger partial charge in [0.1, 0.15) is 6.54 Å². The molecule has 0 aliphatic heterocycles. The normalized spacial score (nSPS) is 11.0. The van der Waals surface area contributed by atoms with Crippen molar-refractivity contribution in [3.8, 4) is 0 Å². The lowest BCUT2D eigenvalue weighted by atomic mass is 10.2. The van der Waals surface area contributed by atoms with Gasteiger partial charge in [0.2, 0.25) is 0 Å². The standard InChI is InChI=1S/C9H10F3N3O/c1-6-2-3-13-4-7(6)15-8(16)14-5-9(10,11)12/h2-4H,5H2,1H3,(H2,14,15,16). The fourth-order valence-electron chi connectivity index (χ4n) is 0.942. The van der Waals surface area contributed by atoms with Crippen LogP contribution in [0.25, 0.3) is 0 Å². The Morgan fingerprint density at radius 2 is 2.19 bits per heavy atom. The van der Waals surface area contributed by atoms with E-state index in [2.05, 4.69) is 10.3 Å². The Morgan fingerprint density at radius 1 is 1.50 bits per heavy atom. The zero-order chi connectivity index (χ0) is 12.2. The minimum Gasteiger partial charge on any atom is -0.329 e. The summed E-state index contributed by atoms with van der Waals surface area (Å²) >= 11 is 0. The number of alkyl halides is 3. The summed E-state index contributed by atoms with van der Waals surface area (Å²) < 4.78 is 35.3. The molecule has 7 heteroatoms. The molecule has 1 aromatic rings. The quantitative estimate of drug-likeness (QED) is 0.821. The SMILES string of the molecule is Cc1ccncc1NC(=O)NCC(F)(F)F. The van der Waals surface area contributed by atoms with Crippen LogP contribution in [-0.2, 0) is 0 Å². The average molecular weight is 233 g/mol. The number of hydrogen-bond donors (Lipinski definition) is 2. The van der Waals surface area contributed by atoms with Crippen LogP contribution < -0.4 is 10.6 Å². The largest absolute Gasteiger partial charge is 0.405 e. The first kappa shape index (κ1) is 12.3. The number of halogens is 3. The van der Waals surface area contributed by atoms with Crippen molar-refractivity contribution >= 4 is 11.7 Å². The second kappa shape index (κ2) is 4.82. The summed E-state index contributed by atoms with van der Waals surface area (Å²) in [7, 11) is 0. The number of anilines is 1. The van der Waals surface area contributed by atoms with E-state index in [0.29, 0.717) is 5.69 Å². The van der Waals surface area contributed by atoms with E-state index in [1.807, 2.05) is 0 Å². The van der Waals surface area contributed by atoms with Crippen LogP contribution in [0.2, 0.25) is 0 Å². The second-order valence-corrected chi connectivity index (χ2v) is 3.11. The molecule has 16 heavy (non-hydrogen) atoms. The van der Waals surface area contributed by atoms with Crippen molar-refractivity contribution in [3.05, 3.63) is 24.0 Å². The van der Waals surface area contributed by atoms with Crippen molar-refractivity contribution in [2.75, 3.05) is 11.9 Å². The second-order valence-electron chi connectivity index (χ2n) is 3.11. The monoisotopic (exact) mass is 233 g/mol. The first-order valence-electron chi connectivity index (χ1n) is 4.41. The third kappa shape index (κ3) is 4.16. The van der Waals surface area contributed by atoms with E-state index in [9.17, 15) is 18.0 Å². The minimum absolute atomic E-state index is 0.377. The van der Waals surface area contributed by atoms with Gasteiger partial charge in [-0.3, -0.25) is 4.98 Å². The molecule has 2 amide bonds. The van der Waals surface area contributed by atoms with E-state index in [0.717, 1.165) is 5.56 Å². The van der Waals surface area contributed by atoms with Gasteiger partial charge >= 0.3 is 12.2 Å². The van der Waals surface area contributed by atoms with Crippen LogP contribution >= 0.6 is 0 Å². The minimum atomic E-state index is -4.42. The molecule has 1 rings (SSSR count). The molecule has 2 N–H and O–H groups in total. The summed E-state index contributed by atoms with van der Waals surface area (Å²) in [5.41, 5.74) is 1.10. The van der Waals surface area contributed by atoms with E-state index < -0.39 is 18.8 Å². The lowest BCUT2D eigenvalue weighted by Crippen LogP contribution is -2.36. The predicted molar refractivity (Wildman–Crippen MR) is 52.1 cm³/mol. The van der Waals surface area contributed by atoms with Crippen LogP contribution in [0.1, 0.15) is 5.56 Å². The van der Waals surface area contributed by atoms with E-state index in [-0.39, 0.29) is 0 Å². The van der Waals surface area contributed by atoms with Crippen LogP contribution in [0.3, 0.4) is 0 Å². The smallest absolute Gasteiger partial charge is 0.329 e. The highest BCUT2D eigenvalue weighted by Gasteiger charge is 2.27. The molecular weight excluding hydrogens is 223 g/mol. The van der Waals surface area contributed by atoms with E-state index in [4.69, 9.17) is 0 Å². The molecule has 88 valence electrons. The van der Waals surface area contributed by atoms with Crippen LogP contribution in [0.5, 0.6) is 0 Å². The first-order valence-corrected chi connectivity index (χ1v) is 4.41. The molecule has 0 radical (unpaired) electrons. The lowest BCUT2D eigenvalue weighted by Gasteiger charge is -2.10. The summed E-state index contributed by atoms with van der Waals surface area (Å²) in [5, 5.41) is 3.97. The molecule has 0 bridgehead atoms. The number of carbonyl (C=O) groups is 1. The van der Waals surface area contributed by atoms with Gasteiger partial charge in [-0.1, -0.05) is 0 Å². The molecular formula is C9H10F3N3O. The number of nitrogens with zero attached hydrogens (tertiary/aromatic N) is 1. The Labute approximate surface area is 89.9 Å². The molecule has 0 aromatic carbocycles. The number of aromatic nitrogens is 1. The van der Waals surface area contributed by atoms with Crippen LogP contribution in [0.4, 0.5) is 23.7 Å². The Kier molecular flexibility index (Phi) is 3.70. The lowest BCUT2D eigenvalue weighted by molar-refractivity contribution is -0.122. The van der Waals surface area contributed by atoms with Gasteiger partial charge in [-0.05, 0) is 18.6 Å². The Hall–Kier alpha value is -1.79. The maximum Gasteiger partial charge on any atom is 0.405 e. The number of amides is 2. The predicted octanol–water partition coefficient (Wildman–Crippen LogP) is 2.07. The topological polar surface area (TPSA) is 54.0 Å². The number of nitrogens with one attached hydrogen (secondary N) is 2. The van der Waals surface area contributed by atoms with Crippen molar-refractivity contribution < 1.29 is 18.0 Å². The van der Waals surface area contributed by atoms with Crippen LogP contribution in [0, 0.1) is 6.92 Å². The van der Waals surface area contributed by atoms with E-state index >= 15 is 0 Å².